The van der Waals surface area contributed by atoms with Gasteiger partial charge in [0.1, 0.15) is 42.4 Å². The fourth-order valence-electron chi connectivity index (χ4n) is 5.07. The van der Waals surface area contributed by atoms with Crippen molar-refractivity contribution in [2.75, 3.05) is 0 Å². The third-order valence-electron chi connectivity index (χ3n) is 7.54. The van der Waals surface area contributed by atoms with Crippen molar-refractivity contribution in [2.24, 2.45) is 0 Å². The number of benzene rings is 1. The van der Waals surface area contributed by atoms with E-state index in [4.69, 9.17) is 18.9 Å². The molecule has 39 heavy (non-hydrogen) atoms. The van der Waals surface area contributed by atoms with E-state index in [2.05, 4.69) is 6.92 Å². The summed E-state index contributed by atoms with van der Waals surface area (Å²) in [6.45, 7) is 5.25. The highest BCUT2D eigenvalue weighted by Gasteiger charge is 2.50. The van der Waals surface area contributed by atoms with Crippen LogP contribution in [0.1, 0.15) is 71.3 Å². The molecule has 2 aliphatic heterocycles. The van der Waals surface area contributed by atoms with Gasteiger partial charge in [-0.15, -0.1) is 0 Å². The number of aliphatic hydroxyl groups excluding tert-OH is 5. The van der Waals surface area contributed by atoms with Crippen LogP contribution in [0.25, 0.3) is 0 Å². The molecule has 5 N–H and O–H groups in total. The Labute approximate surface area is 230 Å². The van der Waals surface area contributed by atoms with Crippen LogP contribution >= 0.6 is 0 Å². The van der Waals surface area contributed by atoms with Crippen molar-refractivity contribution in [3.8, 4) is 0 Å². The van der Waals surface area contributed by atoms with Gasteiger partial charge < -0.3 is 44.5 Å². The van der Waals surface area contributed by atoms with E-state index in [-0.39, 0.29) is 18.6 Å². The number of rotatable bonds is 14. The summed E-state index contributed by atoms with van der Waals surface area (Å²) in [7, 11) is 0. The molecule has 222 valence electrons. The van der Waals surface area contributed by atoms with Crippen LogP contribution in [0.15, 0.2) is 30.3 Å². The van der Waals surface area contributed by atoms with Crippen molar-refractivity contribution in [3.63, 3.8) is 0 Å². The maximum Gasteiger partial charge on any atom is 0.187 e. The van der Waals surface area contributed by atoms with Gasteiger partial charge in [0, 0.05) is 12.8 Å². The summed E-state index contributed by atoms with van der Waals surface area (Å²) >= 11 is 0. The Morgan fingerprint density at radius 2 is 1.44 bits per heavy atom. The van der Waals surface area contributed by atoms with E-state index in [9.17, 15) is 30.3 Å². The molecular weight excluding hydrogens is 508 g/mol. The van der Waals surface area contributed by atoms with Crippen molar-refractivity contribution < 1.29 is 49.3 Å². The molecule has 2 fully saturated rings. The van der Waals surface area contributed by atoms with Gasteiger partial charge in [-0.25, -0.2) is 0 Å². The summed E-state index contributed by atoms with van der Waals surface area (Å²) in [5, 5.41) is 52.0. The van der Waals surface area contributed by atoms with Crippen LogP contribution < -0.4 is 0 Å². The van der Waals surface area contributed by atoms with E-state index in [0.717, 1.165) is 37.7 Å². The highest BCUT2D eigenvalue weighted by molar-refractivity contribution is 5.81. The van der Waals surface area contributed by atoms with E-state index in [1.165, 1.54) is 6.92 Å². The maximum atomic E-state index is 13.0. The Bertz CT molecular complexity index is 854. The molecule has 2 saturated heterocycles. The number of ketones is 1. The molecule has 0 saturated carbocycles. The second-order valence-electron chi connectivity index (χ2n) is 10.8. The minimum Gasteiger partial charge on any atom is -0.388 e. The Morgan fingerprint density at radius 3 is 2.10 bits per heavy atom. The van der Waals surface area contributed by atoms with E-state index in [0.29, 0.717) is 6.42 Å². The van der Waals surface area contributed by atoms with Gasteiger partial charge in [0.2, 0.25) is 0 Å². The van der Waals surface area contributed by atoms with Crippen LogP contribution in [-0.2, 0) is 30.2 Å². The number of hydrogen-bond acceptors (Lipinski definition) is 10. The van der Waals surface area contributed by atoms with Gasteiger partial charge in [0.25, 0.3) is 0 Å². The van der Waals surface area contributed by atoms with Gasteiger partial charge >= 0.3 is 0 Å². The van der Waals surface area contributed by atoms with Gasteiger partial charge in [-0.05, 0) is 25.8 Å². The predicted molar refractivity (Wildman–Crippen MR) is 142 cm³/mol. The number of unbranched alkanes of at least 4 members (excludes halogenated alkanes) is 4. The minimum absolute atomic E-state index is 0.00126. The molecule has 2 heterocycles. The lowest BCUT2D eigenvalue weighted by Gasteiger charge is -2.46. The number of carbonyl (C=O) groups is 1. The molecule has 0 bridgehead atoms. The SMILES string of the molecule is CCCCCCCC(CC(=O)Cc1ccccc1)O[C@@H]1O[C@@H](C)[C@H](O)[C@@H](O)[C@H]1O[C@H]1O[C@@H](C)[C@@H](O)[C@H](O)[C@@H]1O. The van der Waals surface area contributed by atoms with Crippen LogP contribution in [0.4, 0.5) is 0 Å². The Hall–Kier alpha value is -1.47. The van der Waals surface area contributed by atoms with Gasteiger partial charge in [0.15, 0.2) is 12.6 Å². The average molecular weight is 555 g/mol. The van der Waals surface area contributed by atoms with Crippen LogP contribution in [0, 0.1) is 0 Å². The van der Waals surface area contributed by atoms with Crippen molar-refractivity contribution >= 4 is 5.78 Å². The van der Waals surface area contributed by atoms with Crippen LogP contribution in [0.3, 0.4) is 0 Å². The van der Waals surface area contributed by atoms with Crippen molar-refractivity contribution in [2.45, 2.75) is 140 Å². The fourth-order valence-corrected chi connectivity index (χ4v) is 5.07. The molecule has 3 rings (SSSR count). The number of ether oxygens (including phenoxy) is 4. The van der Waals surface area contributed by atoms with Gasteiger partial charge in [-0.2, -0.15) is 0 Å². The Morgan fingerprint density at radius 1 is 0.821 bits per heavy atom. The molecule has 10 nitrogen and oxygen atoms in total. The predicted octanol–water partition coefficient (Wildman–Crippen LogP) is 1.61. The van der Waals surface area contributed by atoms with Crippen LogP contribution in [0.5, 0.6) is 0 Å². The molecular formula is C29H46O10. The zero-order chi connectivity index (χ0) is 28.5. The van der Waals surface area contributed by atoms with Gasteiger partial charge in [-0.1, -0.05) is 69.4 Å². The smallest absolute Gasteiger partial charge is 0.187 e. The monoisotopic (exact) mass is 554 g/mol. The quantitative estimate of drug-likeness (QED) is 0.214. The lowest BCUT2D eigenvalue weighted by atomic mass is 9.97. The van der Waals surface area contributed by atoms with E-state index < -0.39 is 67.5 Å². The number of aliphatic hydroxyl groups is 5. The largest absolute Gasteiger partial charge is 0.388 e. The van der Waals surface area contributed by atoms with E-state index in [1.807, 2.05) is 30.3 Å². The molecule has 0 aromatic heterocycles. The van der Waals surface area contributed by atoms with Crippen molar-refractivity contribution in [3.05, 3.63) is 35.9 Å². The van der Waals surface area contributed by atoms with Crippen LogP contribution in [-0.4, -0.2) is 98.8 Å². The molecule has 0 amide bonds. The fraction of sp³-hybridized carbons (Fsp3) is 0.759. The normalized spacial score (nSPS) is 36.0. The highest BCUT2D eigenvalue weighted by atomic mass is 16.8. The Balaban J connectivity index is 1.73. The average Bonchev–Trinajstić information content (AvgIpc) is 2.91. The molecule has 1 aromatic carbocycles. The first-order valence-electron chi connectivity index (χ1n) is 14.2. The Kier molecular flexibility index (Phi) is 12.7. The van der Waals surface area contributed by atoms with Gasteiger partial charge in [-0.3, -0.25) is 4.79 Å². The van der Waals surface area contributed by atoms with E-state index in [1.54, 1.807) is 6.92 Å². The first-order chi connectivity index (χ1) is 18.6. The summed E-state index contributed by atoms with van der Waals surface area (Å²) in [5.41, 5.74) is 0.907. The third kappa shape index (κ3) is 9.01. The molecule has 1 aromatic rings. The summed E-state index contributed by atoms with van der Waals surface area (Å²) in [5.74, 6) is -0.00126. The minimum atomic E-state index is -1.61. The van der Waals surface area contributed by atoms with E-state index >= 15 is 0 Å². The second-order valence-corrected chi connectivity index (χ2v) is 10.8. The lowest BCUT2D eigenvalue weighted by molar-refractivity contribution is -0.366. The zero-order valence-electron chi connectivity index (χ0n) is 23.2. The van der Waals surface area contributed by atoms with Gasteiger partial charge in [0.05, 0.1) is 18.3 Å². The number of carbonyl (C=O) groups excluding carboxylic acids is 1. The highest BCUT2D eigenvalue weighted by Crippen LogP contribution is 2.31. The maximum absolute atomic E-state index is 13.0. The first kappa shape index (κ1) is 32.0. The first-order valence-corrected chi connectivity index (χ1v) is 14.2. The second kappa shape index (κ2) is 15.5. The van der Waals surface area contributed by atoms with Crippen molar-refractivity contribution in [1.29, 1.82) is 0 Å². The third-order valence-corrected chi connectivity index (χ3v) is 7.54. The summed E-state index contributed by atoms with van der Waals surface area (Å²) in [6.07, 6.45) is -7.16. The molecule has 2 aliphatic rings. The standard InChI is InChI=1S/C29H46O10/c1-4-5-6-7-11-14-21(16-20(30)15-19-12-9-8-10-13-19)38-29-27(25(34)23(32)18(3)37-29)39-28-26(35)24(33)22(31)17(2)36-28/h8-10,12-13,17-18,21-29,31-35H,4-7,11,14-16H2,1-3H3/t17-,18-,21?,22+,23-,24-,25+,26-,27+,28+,29-/m0/s1. The lowest BCUT2D eigenvalue weighted by Crippen LogP contribution is -2.63. The molecule has 0 radical (unpaired) electrons. The topological polar surface area (TPSA) is 155 Å². The molecule has 0 aliphatic carbocycles. The summed E-state index contributed by atoms with van der Waals surface area (Å²) < 4.78 is 23.6. The molecule has 1 unspecified atom stereocenters. The molecule has 10 heteroatoms. The number of Topliss-reactive ketones (excluding diaryl/α,β-unsaturated/α-hetero) is 1. The zero-order valence-corrected chi connectivity index (χ0v) is 23.2. The molecule has 11 atom stereocenters. The summed E-state index contributed by atoms with van der Waals surface area (Å²) in [6, 6.07) is 9.45. The van der Waals surface area contributed by atoms with Crippen LogP contribution in [0.2, 0.25) is 0 Å². The number of hydrogen-bond donors (Lipinski definition) is 5. The summed E-state index contributed by atoms with van der Waals surface area (Å²) in [4.78, 5) is 13.0. The molecule has 0 spiro atoms. The van der Waals surface area contributed by atoms with Crippen molar-refractivity contribution in [1.82, 2.24) is 0 Å².